The zero-order valence-corrected chi connectivity index (χ0v) is 18.4. The van der Waals surface area contributed by atoms with Crippen LogP contribution in [0.25, 0.3) is 0 Å². The van der Waals surface area contributed by atoms with Gasteiger partial charge in [0.25, 0.3) is 15.7 Å². The van der Waals surface area contributed by atoms with Gasteiger partial charge in [-0.2, -0.15) is 5.10 Å². The third kappa shape index (κ3) is 5.49. The number of hydrogen-bond acceptors (Lipinski definition) is 9. The number of ether oxygens (including phenoxy) is 2. The number of para-hydroxylation sites is 2. The van der Waals surface area contributed by atoms with Crippen molar-refractivity contribution in [3.05, 3.63) is 76.3 Å². The summed E-state index contributed by atoms with van der Waals surface area (Å²) in [5.41, 5.74) is 2.44. The number of aromatic hydroxyl groups is 1. The molecule has 0 saturated carbocycles. The van der Waals surface area contributed by atoms with Crippen molar-refractivity contribution in [3.8, 4) is 17.2 Å². The van der Waals surface area contributed by atoms with Gasteiger partial charge in [0.15, 0.2) is 0 Å². The Labute approximate surface area is 189 Å². The minimum atomic E-state index is -4.14. The van der Waals surface area contributed by atoms with E-state index >= 15 is 0 Å². The smallest absolute Gasteiger partial charge is 0.295 e. The predicted octanol–water partition coefficient (Wildman–Crippen LogP) is 3.56. The number of hydrazone groups is 1. The fourth-order valence-corrected chi connectivity index (χ4v) is 3.88. The number of phenols is 1. The van der Waals surface area contributed by atoms with Gasteiger partial charge in [0, 0.05) is 11.6 Å². The molecule has 0 radical (unpaired) electrons. The molecule has 0 unspecified atom stereocenters. The molecule has 0 bridgehead atoms. The molecule has 0 heterocycles. The van der Waals surface area contributed by atoms with E-state index in [1.807, 2.05) is 0 Å². The molecule has 0 aromatic heterocycles. The molecule has 3 aromatic rings. The van der Waals surface area contributed by atoms with Crippen LogP contribution in [0.4, 0.5) is 17.1 Å². The number of sulfonamides is 1. The van der Waals surface area contributed by atoms with Gasteiger partial charge in [-0.15, -0.1) is 0 Å². The molecule has 0 aliphatic heterocycles. The van der Waals surface area contributed by atoms with Gasteiger partial charge < -0.3 is 14.6 Å². The Bertz CT molecular complexity index is 1310. The van der Waals surface area contributed by atoms with Crippen LogP contribution in [0.3, 0.4) is 0 Å². The topological polar surface area (TPSA) is 152 Å². The maximum Gasteiger partial charge on any atom is 0.295 e. The van der Waals surface area contributed by atoms with Crippen molar-refractivity contribution in [3.63, 3.8) is 0 Å². The van der Waals surface area contributed by atoms with Crippen LogP contribution in [0, 0.1) is 10.1 Å². The van der Waals surface area contributed by atoms with Crippen LogP contribution in [0.1, 0.15) is 5.56 Å². The van der Waals surface area contributed by atoms with Crippen LogP contribution in [0.2, 0.25) is 0 Å². The highest BCUT2D eigenvalue weighted by atomic mass is 32.2. The molecule has 12 heteroatoms. The maximum absolute atomic E-state index is 12.8. The Morgan fingerprint density at radius 2 is 1.79 bits per heavy atom. The van der Waals surface area contributed by atoms with Gasteiger partial charge in [-0.3, -0.25) is 20.3 Å². The molecular formula is C21H20N4O7S. The molecule has 0 spiro atoms. The number of phenolic OH excluding ortho intramolecular Hbond substituents is 1. The lowest BCUT2D eigenvalue weighted by Crippen LogP contribution is -2.14. The molecular weight excluding hydrogens is 452 g/mol. The number of methoxy groups -OCH3 is 2. The van der Waals surface area contributed by atoms with Crippen LogP contribution >= 0.6 is 0 Å². The zero-order chi connectivity index (χ0) is 24.0. The highest BCUT2D eigenvalue weighted by Crippen LogP contribution is 2.31. The highest BCUT2D eigenvalue weighted by Gasteiger charge is 2.22. The molecule has 33 heavy (non-hydrogen) atoms. The number of nitro benzene ring substituents is 1. The summed E-state index contributed by atoms with van der Waals surface area (Å²) < 4.78 is 38.1. The van der Waals surface area contributed by atoms with E-state index in [1.165, 1.54) is 50.8 Å². The largest absolute Gasteiger partial charge is 0.507 e. The van der Waals surface area contributed by atoms with Gasteiger partial charge in [-0.25, -0.2) is 8.42 Å². The molecule has 0 aliphatic carbocycles. The maximum atomic E-state index is 12.8. The normalized spacial score (nSPS) is 11.2. The molecule has 3 aromatic carbocycles. The number of nitrogens with one attached hydrogen (secondary N) is 2. The van der Waals surface area contributed by atoms with Crippen LogP contribution in [0.5, 0.6) is 17.2 Å². The second-order valence-electron chi connectivity index (χ2n) is 6.54. The van der Waals surface area contributed by atoms with Crippen molar-refractivity contribution in [1.29, 1.82) is 0 Å². The summed E-state index contributed by atoms with van der Waals surface area (Å²) in [4.78, 5) is 10.5. The van der Waals surface area contributed by atoms with Crippen molar-refractivity contribution in [2.75, 3.05) is 24.4 Å². The molecule has 0 aliphatic rings. The number of nitro groups is 1. The zero-order valence-electron chi connectivity index (χ0n) is 17.6. The molecule has 3 rings (SSSR count). The van der Waals surface area contributed by atoms with E-state index in [1.54, 1.807) is 24.3 Å². The van der Waals surface area contributed by atoms with Crippen molar-refractivity contribution in [2.45, 2.75) is 4.90 Å². The van der Waals surface area contributed by atoms with Crippen LogP contribution in [-0.2, 0) is 10.0 Å². The fraction of sp³-hybridized carbons (Fsp3) is 0.0952. The lowest BCUT2D eigenvalue weighted by atomic mass is 10.2. The number of anilines is 2. The molecule has 172 valence electrons. The monoisotopic (exact) mass is 472 g/mol. The molecule has 0 amide bonds. The number of benzene rings is 3. The van der Waals surface area contributed by atoms with Crippen LogP contribution in [0.15, 0.2) is 70.7 Å². The standard InChI is InChI=1S/C21H20N4O7S/c1-31-15-7-10-20(26)14(11-15)13-22-23-17-9-8-16(12-19(17)25(27)28)33(29,30)24-18-5-3-4-6-21(18)32-2/h3-13,23-24,26H,1-2H3. The first-order chi connectivity index (χ1) is 15.7. The molecule has 0 fully saturated rings. The van der Waals surface area contributed by atoms with E-state index in [2.05, 4.69) is 15.2 Å². The van der Waals surface area contributed by atoms with Crippen molar-refractivity contribution < 1.29 is 27.9 Å². The minimum Gasteiger partial charge on any atom is -0.507 e. The second kappa shape index (κ2) is 9.87. The first-order valence-electron chi connectivity index (χ1n) is 9.35. The number of nitrogens with zero attached hydrogens (tertiary/aromatic N) is 2. The summed E-state index contributed by atoms with van der Waals surface area (Å²) >= 11 is 0. The number of rotatable bonds is 9. The second-order valence-corrected chi connectivity index (χ2v) is 8.22. The lowest BCUT2D eigenvalue weighted by Gasteiger charge is -2.12. The molecule has 0 atom stereocenters. The fourth-order valence-electron chi connectivity index (χ4n) is 2.79. The van der Waals surface area contributed by atoms with E-state index in [0.29, 0.717) is 17.1 Å². The summed E-state index contributed by atoms with van der Waals surface area (Å²) in [7, 11) is -1.28. The van der Waals surface area contributed by atoms with Gasteiger partial charge in [0.1, 0.15) is 22.9 Å². The lowest BCUT2D eigenvalue weighted by molar-refractivity contribution is -0.384. The Hall–Kier alpha value is -4.32. The van der Waals surface area contributed by atoms with E-state index in [4.69, 9.17) is 9.47 Å². The van der Waals surface area contributed by atoms with E-state index < -0.39 is 20.6 Å². The predicted molar refractivity (Wildman–Crippen MR) is 123 cm³/mol. The summed E-state index contributed by atoms with van der Waals surface area (Å²) in [5.74, 6) is 0.709. The van der Waals surface area contributed by atoms with E-state index in [-0.39, 0.29) is 22.0 Å². The average Bonchev–Trinajstić information content (AvgIpc) is 2.80. The molecule has 11 nitrogen and oxygen atoms in total. The van der Waals surface area contributed by atoms with Gasteiger partial charge in [-0.1, -0.05) is 12.1 Å². The summed E-state index contributed by atoms with van der Waals surface area (Å²) in [6, 6.07) is 14.2. The summed E-state index contributed by atoms with van der Waals surface area (Å²) in [5, 5.41) is 25.3. The molecule has 3 N–H and O–H groups in total. The van der Waals surface area contributed by atoms with Gasteiger partial charge in [0.05, 0.1) is 35.9 Å². The van der Waals surface area contributed by atoms with Crippen molar-refractivity contribution in [1.82, 2.24) is 0 Å². The van der Waals surface area contributed by atoms with Gasteiger partial charge in [0.2, 0.25) is 0 Å². The summed E-state index contributed by atoms with van der Waals surface area (Å²) in [6.07, 6.45) is 1.25. The minimum absolute atomic E-state index is 0.0464. The van der Waals surface area contributed by atoms with Crippen molar-refractivity contribution >= 4 is 33.3 Å². The number of hydrogen-bond donors (Lipinski definition) is 3. The van der Waals surface area contributed by atoms with Gasteiger partial charge in [-0.05, 0) is 42.5 Å². The Morgan fingerprint density at radius 3 is 2.48 bits per heavy atom. The third-order valence-electron chi connectivity index (χ3n) is 4.45. The third-order valence-corrected chi connectivity index (χ3v) is 5.81. The van der Waals surface area contributed by atoms with Crippen LogP contribution in [-0.4, -0.2) is 38.9 Å². The van der Waals surface area contributed by atoms with E-state index in [0.717, 1.165) is 6.07 Å². The first-order valence-corrected chi connectivity index (χ1v) is 10.8. The SMILES string of the molecule is COc1ccc(O)c(C=NNc2ccc(S(=O)(=O)Nc3ccccc3OC)cc2[N+](=O)[O-])c1. The average molecular weight is 472 g/mol. The Balaban J connectivity index is 1.87. The summed E-state index contributed by atoms with van der Waals surface area (Å²) in [6.45, 7) is 0. The Morgan fingerprint density at radius 1 is 1.03 bits per heavy atom. The quantitative estimate of drug-likeness (QED) is 0.243. The Kier molecular flexibility index (Phi) is 6.98. The first kappa shape index (κ1) is 23.3. The van der Waals surface area contributed by atoms with Crippen LogP contribution < -0.4 is 19.6 Å². The van der Waals surface area contributed by atoms with Gasteiger partial charge >= 0.3 is 0 Å². The van der Waals surface area contributed by atoms with Crippen molar-refractivity contribution in [2.24, 2.45) is 5.10 Å². The highest BCUT2D eigenvalue weighted by molar-refractivity contribution is 7.92. The molecule has 0 saturated heterocycles. The van der Waals surface area contributed by atoms with E-state index in [9.17, 15) is 23.6 Å².